The van der Waals surface area contributed by atoms with Crippen LogP contribution in [0.15, 0.2) is 36.4 Å². The average Bonchev–Trinajstić information content (AvgIpc) is 2.87. The van der Waals surface area contributed by atoms with Gasteiger partial charge in [0, 0.05) is 24.3 Å². The largest absolute Gasteiger partial charge is 0.325 e. The molecule has 2 aromatic carbocycles. The summed E-state index contributed by atoms with van der Waals surface area (Å²) in [5, 5.41) is 2.65. The van der Waals surface area contributed by atoms with E-state index in [0.717, 1.165) is 23.1 Å². The molecule has 3 rings (SSSR count). The number of amides is 3. The molecule has 28 heavy (non-hydrogen) atoms. The van der Waals surface area contributed by atoms with Crippen LogP contribution in [0.4, 0.5) is 14.5 Å². The Hall–Kier alpha value is -3.13. The highest BCUT2D eigenvalue weighted by molar-refractivity contribution is 6.21. The first kappa shape index (κ1) is 19.6. The second-order valence-electron chi connectivity index (χ2n) is 6.73. The molecule has 1 heterocycles. The van der Waals surface area contributed by atoms with E-state index in [9.17, 15) is 23.2 Å². The van der Waals surface area contributed by atoms with Gasteiger partial charge in [0.05, 0.1) is 17.7 Å². The molecule has 0 radical (unpaired) electrons. The van der Waals surface area contributed by atoms with Crippen LogP contribution in [0.3, 0.4) is 0 Å². The quantitative estimate of drug-likeness (QED) is 0.801. The minimum Gasteiger partial charge on any atom is -0.325 e. The lowest BCUT2D eigenvalue weighted by Gasteiger charge is -2.25. The number of hydrogen-bond donors (Lipinski definition) is 1. The maximum Gasteiger partial charge on any atom is 0.261 e. The molecule has 2 aromatic rings. The predicted molar refractivity (Wildman–Crippen MR) is 98.9 cm³/mol. The number of rotatable bonds is 5. The van der Waals surface area contributed by atoms with Gasteiger partial charge in [0.25, 0.3) is 11.8 Å². The molecular formula is C20H19F2N3O3. The van der Waals surface area contributed by atoms with E-state index in [-0.39, 0.29) is 29.1 Å². The predicted octanol–water partition coefficient (Wildman–Crippen LogP) is 2.82. The van der Waals surface area contributed by atoms with Gasteiger partial charge in [-0.2, -0.15) is 0 Å². The summed E-state index contributed by atoms with van der Waals surface area (Å²) in [4.78, 5) is 38.9. The zero-order chi connectivity index (χ0) is 20.6. The first-order valence-electron chi connectivity index (χ1n) is 8.60. The van der Waals surface area contributed by atoms with Gasteiger partial charge >= 0.3 is 0 Å². The van der Waals surface area contributed by atoms with Crippen molar-refractivity contribution in [3.05, 3.63) is 64.7 Å². The van der Waals surface area contributed by atoms with Crippen LogP contribution in [0.5, 0.6) is 0 Å². The van der Waals surface area contributed by atoms with Crippen LogP contribution in [0.1, 0.15) is 39.2 Å². The lowest BCUT2D eigenvalue weighted by Crippen LogP contribution is -2.32. The highest BCUT2D eigenvalue weighted by Crippen LogP contribution is 2.25. The van der Waals surface area contributed by atoms with Crippen LogP contribution < -0.4 is 5.32 Å². The van der Waals surface area contributed by atoms with Crippen LogP contribution in [0, 0.1) is 11.6 Å². The second-order valence-corrected chi connectivity index (χ2v) is 6.73. The van der Waals surface area contributed by atoms with Crippen LogP contribution in [0.2, 0.25) is 0 Å². The molecule has 1 unspecified atom stereocenters. The van der Waals surface area contributed by atoms with Crippen molar-refractivity contribution in [1.29, 1.82) is 0 Å². The van der Waals surface area contributed by atoms with Gasteiger partial charge in [-0.15, -0.1) is 0 Å². The van der Waals surface area contributed by atoms with Gasteiger partial charge in [-0.05, 0) is 50.4 Å². The van der Waals surface area contributed by atoms with E-state index in [1.807, 2.05) is 0 Å². The maximum atomic E-state index is 13.9. The standard InChI is InChI=1S/C20H19F2N3O3/c1-11(15-8-12(21)4-7-17(15)22)24(2)10-18(26)23-13-5-6-14-16(9-13)20(28)25(3)19(14)27/h4-9,11H,10H2,1-3H3,(H,23,26). The van der Waals surface area contributed by atoms with E-state index in [0.29, 0.717) is 5.69 Å². The molecule has 0 aromatic heterocycles. The zero-order valence-corrected chi connectivity index (χ0v) is 15.6. The first-order valence-corrected chi connectivity index (χ1v) is 8.60. The van der Waals surface area contributed by atoms with Crippen LogP contribution in [0.25, 0.3) is 0 Å². The third-order valence-electron chi connectivity index (χ3n) is 4.84. The van der Waals surface area contributed by atoms with Gasteiger partial charge in [0.1, 0.15) is 11.6 Å². The van der Waals surface area contributed by atoms with Crippen molar-refractivity contribution >= 4 is 23.4 Å². The Balaban J connectivity index is 1.68. The summed E-state index contributed by atoms with van der Waals surface area (Å²) in [7, 11) is 3.01. The monoisotopic (exact) mass is 387 g/mol. The molecule has 1 atom stereocenters. The number of imide groups is 1. The van der Waals surface area contributed by atoms with E-state index < -0.39 is 29.5 Å². The molecule has 0 saturated heterocycles. The van der Waals surface area contributed by atoms with Gasteiger partial charge in [-0.1, -0.05) is 0 Å². The van der Waals surface area contributed by atoms with Gasteiger partial charge in [-0.3, -0.25) is 24.2 Å². The molecule has 3 amide bonds. The zero-order valence-electron chi connectivity index (χ0n) is 15.6. The molecule has 1 aliphatic heterocycles. The molecule has 8 heteroatoms. The average molecular weight is 387 g/mol. The van der Waals surface area contributed by atoms with Crippen molar-refractivity contribution < 1.29 is 23.2 Å². The van der Waals surface area contributed by atoms with E-state index in [2.05, 4.69) is 5.32 Å². The molecule has 146 valence electrons. The Bertz CT molecular complexity index is 977. The van der Waals surface area contributed by atoms with Gasteiger partial charge in [0.2, 0.25) is 5.91 Å². The smallest absolute Gasteiger partial charge is 0.261 e. The van der Waals surface area contributed by atoms with Gasteiger partial charge < -0.3 is 5.32 Å². The van der Waals surface area contributed by atoms with Crippen LogP contribution in [-0.4, -0.2) is 48.2 Å². The van der Waals surface area contributed by atoms with Crippen molar-refractivity contribution in [2.24, 2.45) is 0 Å². The van der Waals surface area contributed by atoms with Crippen molar-refractivity contribution in [3.63, 3.8) is 0 Å². The van der Waals surface area contributed by atoms with E-state index >= 15 is 0 Å². The van der Waals surface area contributed by atoms with Crippen molar-refractivity contribution in [2.75, 3.05) is 26.0 Å². The SMILES string of the molecule is CC(c1cc(F)ccc1F)N(C)CC(=O)Nc1ccc2c(c1)C(=O)N(C)C2=O. The summed E-state index contributed by atoms with van der Waals surface area (Å²) in [6, 6.07) is 7.14. The van der Waals surface area contributed by atoms with E-state index in [4.69, 9.17) is 0 Å². The fourth-order valence-electron chi connectivity index (χ4n) is 3.08. The summed E-state index contributed by atoms with van der Waals surface area (Å²) in [5.74, 6) is -2.31. The number of fused-ring (bicyclic) bond motifs is 1. The second kappa shape index (κ2) is 7.47. The van der Waals surface area contributed by atoms with Crippen molar-refractivity contribution in [1.82, 2.24) is 9.80 Å². The number of carbonyl (C=O) groups excluding carboxylic acids is 3. The summed E-state index contributed by atoms with van der Waals surface area (Å²) in [6.07, 6.45) is 0. The van der Waals surface area contributed by atoms with Crippen molar-refractivity contribution in [2.45, 2.75) is 13.0 Å². The Labute approximate surface area is 160 Å². The highest BCUT2D eigenvalue weighted by Gasteiger charge is 2.32. The molecule has 0 spiro atoms. The Morgan fingerprint density at radius 3 is 2.50 bits per heavy atom. The molecular weight excluding hydrogens is 368 g/mol. The van der Waals surface area contributed by atoms with Gasteiger partial charge in [-0.25, -0.2) is 8.78 Å². The number of nitrogens with one attached hydrogen (secondary N) is 1. The van der Waals surface area contributed by atoms with E-state index in [1.54, 1.807) is 18.9 Å². The minimum atomic E-state index is -0.552. The lowest BCUT2D eigenvalue weighted by atomic mass is 10.1. The number of likely N-dealkylation sites (N-methyl/N-ethyl adjacent to an activating group) is 1. The molecule has 1 N–H and O–H groups in total. The molecule has 0 bridgehead atoms. The fraction of sp³-hybridized carbons (Fsp3) is 0.250. The third kappa shape index (κ3) is 3.63. The lowest BCUT2D eigenvalue weighted by molar-refractivity contribution is -0.117. The highest BCUT2D eigenvalue weighted by atomic mass is 19.1. The first-order chi connectivity index (χ1) is 13.2. The van der Waals surface area contributed by atoms with Crippen molar-refractivity contribution in [3.8, 4) is 0 Å². The molecule has 0 fully saturated rings. The number of carbonyl (C=O) groups is 3. The van der Waals surface area contributed by atoms with Crippen LogP contribution >= 0.6 is 0 Å². The Morgan fingerprint density at radius 2 is 1.79 bits per heavy atom. The molecule has 0 aliphatic carbocycles. The summed E-state index contributed by atoms with van der Waals surface area (Å²) in [5.41, 5.74) is 1.05. The van der Waals surface area contributed by atoms with Crippen LogP contribution in [-0.2, 0) is 4.79 Å². The number of benzene rings is 2. The fourth-order valence-corrected chi connectivity index (χ4v) is 3.08. The topological polar surface area (TPSA) is 69.7 Å². The van der Waals surface area contributed by atoms with Gasteiger partial charge in [0.15, 0.2) is 0 Å². The Kier molecular flexibility index (Phi) is 5.24. The molecule has 6 nitrogen and oxygen atoms in total. The molecule has 0 saturated carbocycles. The third-order valence-corrected chi connectivity index (χ3v) is 4.84. The number of anilines is 1. The summed E-state index contributed by atoms with van der Waals surface area (Å²) >= 11 is 0. The Morgan fingerprint density at radius 1 is 1.11 bits per heavy atom. The summed E-state index contributed by atoms with van der Waals surface area (Å²) < 4.78 is 27.3. The van der Waals surface area contributed by atoms with E-state index in [1.165, 1.54) is 25.2 Å². The summed E-state index contributed by atoms with van der Waals surface area (Å²) in [6.45, 7) is 1.58. The normalized spacial score (nSPS) is 14.4. The number of hydrogen-bond acceptors (Lipinski definition) is 4. The minimum absolute atomic E-state index is 0.0824. The molecule has 1 aliphatic rings. The maximum absolute atomic E-state index is 13.9. The number of halogens is 2. The number of nitrogens with zero attached hydrogens (tertiary/aromatic N) is 2.